The van der Waals surface area contributed by atoms with Crippen LogP contribution in [0.25, 0.3) is 0 Å². The van der Waals surface area contributed by atoms with Crippen molar-refractivity contribution in [3.8, 4) is 5.75 Å². The van der Waals surface area contributed by atoms with Crippen LogP contribution in [0.1, 0.15) is 18.1 Å². The Balaban J connectivity index is 1.88. The molecule has 4 N–H and O–H groups in total. The third-order valence-electron chi connectivity index (χ3n) is 3.57. The highest BCUT2D eigenvalue weighted by molar-refractivity contribution is 5.54. The van der Waals surface area contributed by atoms with Gasteiger partial charge in [-0.05, 0) is 24.1 Å². The molecule has 1 aliphatic rings. The largest absolute Gasteiger partial charge is 0.495 e. The Kier molecular flexibility index (Phi) is 5.01. The summed E-state index contributed by atoms with van der Waals surface area (Å²) in [6, 6.07) is 5.47. The molecule has 1 aliphatic heterocycles. The van der Waals surface area contributed by atoms with Crippen molar-refractivity contribution < 1.29 is 9.84 Å². The molecule has 5 nitrogen and oxygen atoms in total. The van der Waals surface area contributed by atoms with E-state index >= 15 is 0 Å². The first-order chi connectivity index (χ1) is 9.20. The Hall–Kier alpha value is -1.30. The number of nitrogens with zero attached hydrogens (tertiary/aromatic N) is 1. The summed E-state index contributed by atoms with van der Waals surface area (Å²) in [6.45, 7) is 5.08. The van der Waals surface area contributed by atoms with Crippen LogP contribution >= 0.6 is 0 Å². The smallest absolute Gasteiger partial charge is 0.141 e. The second kappa shape index (κ2) is 6.75. The molecule has 1 aromatic carbocycles. The Morgan fingerprint density at radius 2 is 2.16 bits per heavy atom. The molecule has 0 aliphatic carbocycles. The van der Waals surface area contributed by atoms with E-state index in [-0.39, 0.29) is 0 Å². The molecule has 106 valence electrons. The molecule has 1 fully saturated rings. The molecule has 1 aromatic rings. The van der Waals surface area contributed by atoms with Gasteiger partial charge >= 0.3 is 0 Å². The van der Waals surface area contributed by atoms with Gasteiger partial charge in [0, 0.05) is 32.7 Å². The van der Waals surface area contributed by atoms with Gasteiger partial charge in [0.15, 0.2) is 0 Å². The number of rotatable bonds is 5. The molecule has 0 amide bonds. The molecule has 0 aromatic heterocycles. The van der Waals surface area contributed by atoms with Gasteiger partial charge in [-0.2, -0.15) is 0 Å². The van der Waals surface area contributed by atoms with Crippen molar-refractivity contribution in [3.05, 3.63) is 23.8 Å². The summed E-state index contributed by atoms with van der Waals surface area (Å²) < 4.78 is 5.11. The van der Waals surface area contributed by atoms with Crippen molar-refractivity contribution in [1.29, 1.82) is 0 Å². The number of piperazine rings is 1. The van der Waals surface area contributed by atoms with Crippen molar-refractivity contribution in [3.63, 3.8) is 0 Å². The Bertz CT molecular complexity index is 406. The Labute approximate surface area is 114 Å². The molecule has 0 bridgehead atoms. The monoisotopic (exact) mass is 265 g/mol. The van der Waals surface area contributed by atoms with Crippen molar-refractivity contribution >= 4 is 5.69 Å². The fourth-order valence-corrected chi connectivity index (χ4v) is 2.37. The van der Waals surface area contributed by atoms with Gasteiger partial charge in [0.2, 0.25) is 0 Å². The second-order valence-corrected chi connectivity index (χ2v) is 4.90. The maximum Gasteiger partial charge on any atom is 0.141 e. The lowest BCUT2D eigenvalue weighted by Gasteiger charge is -2.28. The zero-order chi connectivity index (χ0) is 13.7. The van der Waals surface area contributed by atoms with Crippen LogP contribution in [0, 0.1) is 0 Å². The normalized spacial score (nSPS) is 18.2. The first-order valence-corrected chi connectivity index (χ1v) is 6.75. The molecule has 1 atom stereocenters. The number of hydrogen-bond acceptors (Lipinski definition) is 5. The quantitative estimate of drug-likeness (QED) is 0.680. The minimum atomic E-state index is -0.469. The molecular formula is C14H23N3O2. The van der Waals surface area contributed by atoms with E-state index in [1.54, 1.807) is 19.2 Å². The number of nitrogens with one attached hydrogen (secondary N) is 1. The van der Waals surface area contributed by atoms with Crippen LogP contribution in [0.4, 0.5) is 5.69 Å². The standard InChI is InChI=1S/C14H23N3O2/c1-19-14-3-2-11(10-12(14)15)13(18)4-7-17-8-5-16-6-9-17/h2-3,10,13,16,18H,4-9,15H2,1H3. The highest BCUT2D eigenvalue weighted by Crippen LogP contribution is 2.26. The molecule has 1 saturated heterocycles. The summed E-state index contributed by atoms with van der Waals surface area (Å²) in [5.41, 5.74) is 7.28. The van der Waals surface area contributed by atoms with Crippen LogP contribution in [0.15, 0.2) is 18.2 Å². The first-order valence-electron chi connectivity index (χ1n) is 6.75. The third kappa shape index (κ3) is 3.83. The van der Waals surface area contributed by atoms with Crippen LogP contribution in [0.5, 0.6) is 5.75 Å². The molecule has 5 heteroatoms. The van der Waals surface area contributed by atoms with Gasteiger partial charge in [0.25, 0.3) is 0 Å². The van der Waals surface area contributed by atoms with Gasteiger partial charge in [0.05, 0.1) is 18.9 Å². The minimum absolute atomic E-state index is 0.469. The summed E-state index contributed by atoms with van der Waals surface area (Å²) in [5.74, 6) is 0.651. The predicted molar refractivity (Wildman–Crippen MR) is 76.3 cm³/mol. The van der Waals surface area contributed by atoms with E-state index < -0.39 is 6.10 Å². The average molecular weight is 265 g/mol. The maximum atomic E-state index is 10.2. The molecule has 0 radical (unpaired) electrons. The van der Waals surface area contributed by atoms with E-state index in [4.69, 9.17) is 10.5 Å². The predicted octanol–water partition coefficient (Wildman–Crippen LogP) is 0.606. The zero-order valence-electron chi connectivity index (χ0n) is 11.4. The van der Waals surface area contributed by atoms with Crippen molar-refractivity contribution in [2.45, 2.75) is 12.5 Å². The van der Waals surface area contributed by atoms with E-state index in [1.165, 1.54) is 0 Å². The van der Waals surface area contributed by atoms with Gasteiger partial charge in [-0.3, -0.25) is 0 Å². The lowest BCUT2D eigenvalue weighted by Crippen LogP contribution is -2.44. The van der Waals surface area contributed by atoms with E-state index in [0.717, 1.165) is 44.7 Å². The molecule has 1 heterocycles. The number of benzene rings is 1. The summed E-state index contributed by atoms with van der Waals surface area (Å²) in [4.78, 5) is 2.37. The van der Waals surface area contributed by atoms with Crippen LogP contribution in [-0.2, 0) is 0 Å². The number of methoxy groups -OCH3 is 1. The van der Waals surface area contributed by atoms with E-state index in [1.807, 2.05) is 6.07 Å². The topological polar surface area (TPSA) is 70.8 Å². The Morgan fingerprint density at radius 3 is 2.79 bits per heavy atom. The van der Waals surface area contributed by atoms with Gasteiger partial charge in [-0.1, -0.05) is 6.07 Å². The van der Waals surface area contributed by atoms with Crippen molar-refractivity contribution in [2.75, 3.05) is 45.6 Å². The number of aliphatic hydroxyl groups is 1. The van der Waals surface area contributed by atoms with Crippen molar-refractivity contribution in [1.82, 2.24) is 10.2 Å². The van der Waals surface area contributed by atoms with Gasteiger partial charge in [-0.15, -0.1) is 0 Å². The van der Waals surface area contributed by atoms with Gasteiger partial charge in [0.1, 0.15) is 5.75 Å². The number of nitrogens with two attached hydrogens (primary N) is 1. The molecule has 0 saturated carbocycles. The highest BCUT2D eigenvalue weighted by Gasteiger charge is 2.14. The molecule has 19 heavy (non-hydrogen) atoms. The lowest BCUT2D eigenvalue weighted by atomic mass is 10.1. The number of ether oxygens (including phenoxy) is 1. The number of aliphatic hydroxyl groups excluding tert-OH is 1. The number of hydrogen-bond donors (Lipinski definition) is 3. The molecule has 2 rings (SSSR count). The molecular weight excluding hydrogens is 242 g/mol. The summed E-state index contributed by atoms with van der Waals surface area (Å²) in [5, 5.41) is 13.5. The van der Waals surface area contributed by atoms with Gasteiger partial charge in [-0.25, -0.2) is 0 Å². The number of nitrogen functional groups attached to an aromatic ring is 1. The van der Waals surface area contributed by atoms with Crippen LogP contribution in [-0.4, -0.2) is 49.8 Å². The van der Waals surface area contributed by atoms with Crippen LogP contribution < -0.4 is 15.8 Å². The average Bonchev–Trinajstić information content (AvgIpc) is 2.45. The lowest BCUT2D eigenvalue weighted by molar-refractivity contribution is 0.136. The van der Waals surface area contributed by atoms with Crippen LogP contribution in [0.2, 0.25) is 0 Å². The highest BCUT2D eigenvalue weighted by atomic mass is 16.5. The van der Waals surface area contributed by atoms with Crippen molar-refractivity contribution in [2.24, 2.45) is 0 Å². The van der Waals surface area contributed by atoms with Crippen LogP contribution in [0.3, 0.4) is 0 Å². The Morgan fingerprint density at radius 1 is 1.42 bits per heavy atom. The third-order valence-corrected chi connectivity index (χ3v) is 3.57. The summed E-state index contributed by atoms with van der Waals surface area (Å²) in [6.07, 6.45) is 0.259. The van der Waals surface area contributed by atoms with E-state index in [0.29, 0.717) is 11.4 Å². The molecule has 0 spiro atoms. The fraction of sp³-hybridized carbons (Fsp3) is 0.571. The summed E-state index contributed by atoms with van der Waals surface area (Å²) in [7, 11) is 1.59. The summed E-state index contributed by atoms with van der Waals surface area (Å²) >= 11 is 0. The minimum Gasteiger partial charge on any atom is -0.495 e. The maximum absolute atomic E-state index is 10.2. The zero-order valence-corrected chi connectivity index (χ0v) is 11.4. The second-order valence-electron chi connectivity index (χ2n) is 4.90. The first kappa shape index (κ1) is 14.1. The SMILES string of the molecule is COc1ccc(C(O)CCN2CCNCC2)cc1N. The van der Waals surface area contributed by atoms with E-state index in [2.05, 4.69) is 10.2 Å². The fourth-order valence-electron chi connectivity index (χ4n) is 2.37. The van der Waals surface area contributed by atoms with E-state index in [9.17, 15) is 5.11 Å². The number of anilines is 1. The molecule has 1 unspecified atom stereocenters. The van der Waals surface area contributed by atoms with Gasteiger partial charge < -0.3 is 25.8 Å².